The molecule has 0 aliphatic carbocycles. The Hall–Kier alpha value is -1.70. The molecule has 1 aliphatic rings. The van der Waals surface area contributed by atoms with E-state index in [-0.39, 0.29) is 23.2 Å². The minimum absolute atomic E-state index is 0.00436. The average molecular weight is 297 g/mol. The molecule has 0 saturated carbocycles. The molecule has 1 unspecified atom stereocenters. The Bertz CT molecular complexity index is 559. The van der Waals surface area contributed by atoms with Gasteiger partial charge >= 0.3 is 0 Å². The van der Waals surface area contributed by atoms with Gasteiger partial charge in [-0.05, 0) is 18.8 Å². The second-order valence-corrected chi connectivity index (χ2v) is 6.01. The first kappa shape index (κ1) is 14.7. The predicted octanol–water partition coefficient (Wildman–Crippen LogP) is 0.285. The molecule has 1 saturated heterocycles. The Morgan fingerprint density at radius 2 is 2.30 bits per heavy atom. The van der Waals surface area contributed by atoms with Crippen molar-refractivity contribution in [3.8, 4) is 0 Å². The van der Waals surface area contributed by atoms with Crippen LogP contribution in [0.3, 0.4) is 0 Å². The first-order chi connectivity index (χ1) is 9.47. The largest absolute Gasteiger partial charge is 0.391 e. The third-order valence-electron chi connectivity index (χ3n) is 3.31. The number of carbonyl (C=O) groups excluding carboxylic acids is 1. The molecule has 0 radical (unpaired) electrons. The van der Waals surface area contributed by atoms with Gasteiger partial charge in [-0.1, -0.05) is 18.7 Å². The van der Waals surface area contributed by atoms with Gasteiger partial charge in [0, 0.05) is 13.1 Å². The van der Waals surface area contributed by atoms with Crippen LogP contribution in [0.1, 0.15) is 19.8 Å². The molecule has 1 aromatic rings. The van der Waals surface area contributed by atoms with E-state index in [2.05, 4.69) is 16.9 Å². The molecule has 8 heteroatoms. The molecule has 0 bridgehead atoms. The van der Waals surface area contributed by atoms with Crippen molar-refractivity contribution in [1.29, 1.82) is 0 Å². The molecule has 1 fully saturated rings. The lowest BCUT2D eigenvalue weighted by molar-refractivity contribution is -0.130. The first-order valence-corrected chi connectivity index (χ1v) is 7.51. The number of carbonyl (C=O) groups is 1. The summed E-state index contributed by atoms with van der Waals surface area (Å²) in [5, 5.41) is 0.320. The summed E-state index contributed by atoms with van der Waals surface area (Å²) in [4.78, 5) is 31.8. The smallest absolute Gasteiger partial charge is 0.276 e. The van der Waals surface area contributed by atoms with Crippen molar-refractivity contribution in [2.24, 2.45) is 5.92 Å². The number of rotatable bonds is 3. The van der Waals surface area contributed by atoms with Crippen LogP contribution in [0.4, 0.5) is 11.5 Å². The van der Waals surface area contributed by atoms with Crippen molar-refractivity contribution < 1.29 is 4.79 Å². The van der Waals surface area contributed by atoms with E-state index in [1.165, 1.54) is 18.2 Å². The number of nitrogens with two attached hydrogens (primary N) is 2. The van der Waals surface area contributed by atoms with Crippen molar-refractivity contribution in [3.05, 3.63) is 10.4 Å². The van der Waals surface area contributed by atoms with Crippen molar-refractivity contribution in [2.45, 2.75) is 24.9 Å². The number of anilines is 2. The van der Waals surface area contributed by atoms with E-state index >= 15 is 0 Å². The van der Waals surface area contributed by atoms with E-state index in [9.17, 15) is 9.59 Å². The highest BCUT2D eigenvalue weighted by Crippen LogP contribution is 2.19. The number of hydrogen-bond acceptors (Lipinski definition) is 6. The third kappa shape index (κ3) is 3.44. The fraction of sp³-hybridized carbons (Fsp3) is 0.583. The van der Waals surface area contributed by atoms with Crippen LogP contribution in [0.5, 0.6) is 0 Å². The van der Waals surface area contributed by atoms with Gasteiger partial charge in [-0.2, -0.15) is 0 Å². The van der Waals surface area contributed by atoms with Crippen LogP contribution in [0, 0.1) is 5.92 Å². The molecule has 1 aliphatic heterocycles. The summed E-state index contributed by atoms with van der Waals surface area (Å²) in [5.74, 6) is 0.830. The maximum atomic E-state index is 12.1. The molecule has 20 heavy (non-hydrogen) atoms. The second kappa shape index (κ2) is 6.17. The van der Waals surface area contributed by atoms with E-state index in [1.807, 2.05) is 4.90 Å². The van der Waals surface area contributed by atoms with E-state index in [0.29, 0.717) is 11.1 Å². The summed E-state index contributed by atoms with van der Waals surface area (Å²) in [5.41, 5.74) is 10.4. The van der Waals surface area contributed by atoms with Crippen molar-refractivity contribution in [1.82, 2.24) is 14.9 Å². The van der Waals surface area contributed by atoms with Crippen molar-refractivity contribution in [2.75, 3.05) is 30.3 Å². The Labute approximate surface area is 121 Å². The summed E-state index contributed by atoms with van der Waals surface area (Å²) in [7, 11) is 0. The van der Waals surface area contributed by atoms with Gasteiger partial charge in [-0.15, -0.1) is 0 Å². The molecule has 1 atom stereocenters. The molecule has 2 heterocycles. The summed E-state index contributed by atoms with van der Waals surface area (Å²) < 4.78 is 0. The predicted molar refractivity (Wildman–Crippen MR) is 79.4 cm³/mol. The highest BCUT2D eigenvalue weighted by Gasteiger charge is 2.21. The van der Waals surface area contributed by atoms with Crippen LogP contribution >= 0.6 is 11.8 Å². The second-order valence-electron chi connectivity index (χ2n) is 5.05. The molecule has 2 rings (SSSR count). The number of aromatic nitrogens is 2. The number of H-pyrrole nitrogens is 1. The molecule has 7 nitrogen and oxygen atoms in total. The average Bonchev–Trinajstić information content (AvgIpc) is 2.42. The van der Waals surface area contributed by atoms with Gasteiger partial charge in [0.05, 0.1) is 5.75 Å². The number of hydrogen-bond donors (Lipinski definition) is 3. The fourth-order valence-corrected chi connectivity index (χ4v) is 2.95. The number of likely N-dealkylation sites (tertiary alicyclic amines) is 1. The Kier molecular flexibility index (Phi) is 4.53. The van der Waals surface area contributed by atoms with Gasteiger partial charge in [0.1, 0.15) is 5.69 Å². The summed E-state index contributed by atoms with van der Waals surface area (Å²) in [6.07, 6.45) is 2.21. The Morgan fingerprint density at radius 1 is 1.55 bits per heavy atom. The minimum Gasteiger partial charge on any atom is -0.391 e. The van der Waals surface area contributed by atoms with Crippen LogP contribution < -0.4 is 17.0 Å². The van der Waals surface area contributed by atoms with Gasteiger partial charge in [0.15, 0.2) is 11.0 Å². The number of nitrogen functional groups attached to an aromatic ring is 2. The van der Waals surface area contributed by atoms with Gasteiger partial charge < -0.3 is 16.4 Å². The molecule has 110 valence electrons. The standard InChI is InChI=1S/C12H19N5O2S/c1-7-3-2-4-17(5-7)8(18)6-20-12-15-10(14)9(13)11(19)16-12/h7H,2-6,13H2,1H3,(H3,14,15,16,19). The number of nitrogens with zero attached hydrogens (tertiary/aromatic N) is 2. The van der Waals surface area contributed by atoms with E-state index in [0.717, 1.165) is 19.5 Å². The summed E-state index contributed by atoms with van der Waals surface area (Å²) in [6, 6.07) is 0. The fourth-order valence-electron chi connectivity index (χ4n) is 2.18. The van der Waals surface area contributed by atoms with E-state index in [1.54, 1.807) is 0 Å². The lowest BCUT2D eigenvalue weighted by Crippen LogP contribution is -2.40. The molecule has 0 aromatic carbocycles. The lowest BCUT2D eigenvalue weighted by Gasteiger charge is -2.30. The van der Waals surface area contributed by atoms with Gasteiger partial charge in [0.25, 0.3) is 5.56 Å². The van der Waals surface area contributed by atoms with Crippen LogP contribution in [0.25, 0.3) is 0 Å². The van der Waals surface area contributed by atoms with Crippen molar-refractivity contribution in [3.63, 3.8) is 0 Å². The normalized spacial score (nSPS) is 19.1. The van der Waals surface area contributed by atoms with E-state index in [4.69, 9.17) is 11.5 Å². The van der Waals surface area contributed by atoms with Crippen LogP contribution in [0.15, 0.2) is 9.95 Å². The van der Waals surface area contributed by atoms with Crippen LogP contribution in [0.2, 0.25) is 0 Å². The molecule has 1 aromatic heterocycles. The zero-order chi connectivity index (χ0) is 14.7. The number of nitrogens with one attached hydrogen (secondary N) is 1. The number of amides is 1. The molecule has 5 N–H and O–H groups in total. The Morgan fingerprint density at radius 3 is 2.95 bits per heavy atom. The van der Waals surface area contributed by atoms with Crippen molar-refractivity contribution >= 4 is 29.2 Å². The van der Waals surface area contributed by atoms with E-state index < -0.39 is 5.56 Å². The topological polar surface area (TPSA) is 118 Å². The molecule has 0 spiro atoms. The minimum atomic E-state index is -0.473. The highest BCUT2D eigenvalue weighted by atomic mass is 32.2. The monoisotopic (exact) mass is 297 g/mol. The molecular formula is C12H19N5O2S. The molecular weight excluding hydrogens is 278 g/mol. The summed E-state index contributed by atoms with van der Waals surface area (Å²) in [6.45, 7) is 3.75. The van der Waals surface area contributed by atoms with Gasteiger partial charge in [-0.3, -0.25) is 14.6 Å². The number of thioether (sulfide) groups is 1. The highest BCUT2D eigenvalue weighted by molar-refractivity contribution is 7.99. The first-order valence-electron chi connectivity index (χ1n) is 6.53. The zero-order valence-corrected chi connectivity index (χ0v) is 12.2. The molecule has 1 amide bonds. The maximum absolute atomic E-state index is 12.1. The zero-order valence-electron chi connectivity index (χ0n) is 11.4. The number of piperidine rings is 1. The lowest BCUT2D eigenvalue weighted by atomic mass is 10.0. The van der Waals surface area contributed by atoms with Crippen LogP contribution in [-0.2, 0) is 4.79 Å². The maximum Gasteiger partial charge on any atom is 0.276 e. The Balaban J connectivity index is 1.95. The third-order valence-corrected chi connectivity index (χ3v) is 4.16. The SMILES string of the molecule is CC1CCCN(C(=O)CSc2nc(N)c(N)c(=O)[nH]2)C1. The van der Waals surface area contributed by atoms with Crippen LogP contribution in [-0.4, -0.2) is 39.6 Å². The van der Waals surface area contributed by atoms with Gasteiger partial charge in [-0.25, -0.2) is 4.98 Å². The quantitative estimate of drug-likeness (QED) is 0.545. The van der Waals surface area contributed by atoms with Gasteiger partial charge in [0.2, 0.25) is 5.91 Å². The number of aromatic amines is 1. The summed E-state index contributed by atoms with van der Waals surface area (Å²) >= 11 is 1.17.